The van der Waals surface area contributed by atoms with Crippen LogP contribution in [-0.4, -0.2) is 43.2 Å². The van der Waals surface area contributed by atoms with Crippen molar-refractivity contribution in [2.24, 2.45) is 0 Å². The zero-order valence-electron chi connectivity index (χ0n) is 12.2. The van der Waals surface area contributed by atoms with E-state index in [9.17, 15) is 0 Å². The second kappa shape index (κ2) is 6.04. The molecule has 2 aliphatic rings. The Kier molecular flexibility index (Phi) is 4.34. The fraction of sp³-hybridized carbons (Fsp3) is 0.625. The summed E-state index contributed by atoms with van der Waals surface area (Å²) in [6, 6.07) is 7.69. The van der Waals surface area contributed by atoms with Gasteiger partial charge in [-0.25, -0.2) is 0 Å². The Morgan fingerprint density at radius 1 is 1.45 bits per heavy atom. The number of fused-ring (bicyclic) bond motifs is 1. The largest absolute Gasteiger partial charge is 0.488 e. The van der Waals surface area contributed by atoms with Gasteiger partial charge in [-0.1, -0.05) is 15.9 Å². The summed E-state index contributed by atoms with van der Waals surface area (Å²) in [5.74, 6) is 1.04. The number of nitrogens with one attached hydrogen (secondary N) is 1. The summed E-state index contributed by atoms with van der Waals surface area (Å²) >= 11 is 3.52. The molecule has 2 atom stereocenters. The van der Waals surface area contributed by atoms with Gasteiger partial charge >= 0.3 is 0 Å². The molecule has 1 heterocycles. The smallest absolute Gasteiger partial charge is 0.123 e. The zero-order chi connectivity index (χ0) is 14.1. The molecule has 1 fully saturated rings. The Bertz CT molecular complexity index is 476. The third-order valence-electron chi connectivity index (χ3n) is 4.39. The summed E-state index contributed by atoms with van der Waals surface area (Å²) in [4.78, 5) is 2.49. The zero-order valence-corrected chi connectivity index (χ0v) is 13.8. The second-order valence-electron chi connectivity index (χ2n) is 6.10. The highest BCUT2D eigenvalue weighted by Crippen LogP contribution is 2.31. The van der Waals surface area contributed by atoms with Gasteiger partial charge in [0.2, 0.25) is 0 Å². The quantitative estimate of drug-likeness (QED) is 0.863. The Hall–Kier alpha value is -0.580. The average Bonchev–Trinajstić information content (AvgIpc) is 3.19. The highest BCUT2D eigenvalue weighted by molar-refractivity contribution is 9.10. The Morgan fingerprint density at radius 2 is 2.25 bits per heavy atom. The van der Waals surface area contributed by atoms with Crippen LogP contribution in [0.3, 0.4) is 0 Å². The van der Waals surface area contributed by atoms with Crippen molar-refractivity contribution in [2.75, 3.05) is 20.1 Å². The number of nitrogens with zero attached hydrogens (tertiary/aromatic N) is 1. The van der Waals surface area contributed by atoms with Crippen LogP contribution in [0.5, 0.6) is 5.75 Å². The molecule has 0 saturated heterocycles. The van der Waals surface area contributed by atoms with E-state index in [-0.39, 0.29) is 6.10 Å². The number of halogens is 1. The van der Waals surface area contributed by atoms with Crippen molar-refractivity contribution in [3.8, 4) is 5.75 Å². The minimum Gasteiger partial charge on any atom is -0.488 e. The van der Waals surface area contributed by atoms with Crippen molar-refractivity contribution in [3.63, 3.8) is 0 Å². The van der Waals surface area contributed by atoms with Crippen molar-refractivity contribution in [1.82, 2.24) is 10.2 Å². The summed E-state index contributed by atoms with van der Waals surface area (Å²) in [7, 11) is 2.24. The SMILES string of the molecule is CC(CNCC1Cc2cc(Br)ccc2O1)N(C)C1CC1. The number of ether oxygens (including phenoxy) is 1. The average molecular weight is 339 g/mol. The van der Waals surface area contributed by atoms with E-state index in [2.05, 4.69) is 52.3 Å². The minimum atomic E-state index is 0.276. The lowest BCUT2D eigenvalue weighted by Gasteiger charge is -2.25. The molecular weight excluding hydrogens is 316 g/mol. The molecule has 20 heavy (non-hydrogen) atoms. The fourth-order valence-electron chi connectivity index (χ4n) is 2.84. The van der Waals surface area contributed by atoms with Crippen LogP contribution in [0, 0.1) is 0 Å². The van der Waals surface area contributed by atoms with E-state index >= 15 is 0 Å². The van der Waals surface area contributed by atoms with Crippen LogP contribution in [-0.2, 0) is 6.42 Å². The van der Waals surface area contributed by atoms with E-state index in [0.717, 1.165) is 35.8 Å². The lowest BCUT2D eigenvalue weighted by Crippen LogP contribution is -2.41. The fourth-order valence-corrected chi connectivity index (χ4v) is 3.25. The lowest BCUT2D eigenvalue weighted by molar-refractivity contribution is 0.207. The molecule has 1 aromatic rings. The summed E-state index contributed by atoms with van der Waals surface area (Å²) in [5.41, 5.74) is 1.31. The summed E-state index contributed by atoms with van der Waals surface area (Å²) in [6.45, 7) is 4.26. The van der Waals surface area contributed by atoms with Gasteiger partial charge in [0, 0.05) is 36.1 Å². The molecule has 2 unspecified atom stereocenters. The molecule has 110 valence electrons. The van der Waals surface area contributed by atoms with Crippen molar-refractivity contribution >= 4 is 15.9 Å². The van der Waals surface area contributed by atoms with Gasteiger partial charge in [-0.3, -0.25) is 4.90 Å². The topological polar surface area (TPSA) is 24.5 Å². The van der Waals surface area contributed by atoms with Gasteiger partial charge in [0.1, 0.15) is 11.9 Å². The Morgan fingerprint density at radius 3 is 3.00 bits per heavy atom. The van der Waals surface area contributed by atoms with Crippen LogP contribution in [0.1, 0.15) is 25.3 Å². The van der Waals surface area contributed by atoms with Crippen molar-refractivity contribution in [2.45, 2.75) is 44.4 Å². The lowest BCUT2D eigenvalue weighted by atomic mass is 10.1. The molecule has 1 N–H and O–H groups in total. The standard InChI is InChI=1S/C16H23BrN2O/c1-11(19(2)14-4-5-14)9-18-10-15-8-12-7-13(17)3-6-16(12)20-15/h3,6-7,11,14-15,18H,4-5,8-10H2,1-2H3. The first-order chi connectivity index (χ1) is 9.63. The van der Waals surface area contributed by atoms with Gasteiger partial charge in [0.05, 0.1) is 0 Å². The molecule has 4 heteroatoms. The minimum absolute atomic E-state index is 0.276. The van der Waals surface area contributed by atoms with E-state index in [1.165, 1.54) is 18.4 Å². The van der Waals surface area contributed by atoms with E-state index in [1.54, 1.807) is 0 Å². The molecule has 1 aliphatic carbocycles. The van der Waals surface area contributed by atoms with Crippen molar-refractivity contribution in [1.29, 1.82) is 0 Å². The van der Waals surface area contributed by atoms with Gasteiger partial charge in [-0.05, 0) is 50.6 Å². The third-order valence-corrected chi connectivity index (χ3v) is 4.89. The van der Waals surface area contributed by atoms with Crippen LogP contribution < -0.4 is 10.1 Å². The number of benzene rings is 1. The van der Waals surface area contributed by atoms with Crippen molar-refractivity contribution in [3.05, 3.63) is 28.2 Å². The third kappa shape index (κ3) is 3.35. The van der Waals surface area contributed by atoms with Crippen LogP contribution in [0.25, 0.3) is 0 Å². The Labute approximate surface area is 129 Å². The Balaban J connectivity index is 1.42. The molecule has 0 radical (unpaired) electrons. The van der Waals surface area contributed by atoms with Gasteiger partial charge < -0.3 is 10.1 Å². The maximum atomic E-state index is 5.97. The molecular formula is C16H23BrN2O. The predicted molar refractivity (Wildman–Crippen MR) is 85.4 cm³/mol. The van der Waals surface area contributed by atoms with E-state index in [4.69, 9.17) is 4.74 Å². The maximum absolute atomic E-state index is 5.97. The second-order valence-corrected chi connectivity index (χ2v) is 7.02. The summed E-state index contributed by atoms with van der Waals surface area (Å²) in [5, 5.41) is 3.56. The first-order valence-electron chi connectivity index (χ1n) is 7.51. The molecule has 3 rings (SSSR count). The summed E-state index contributed by atoms with van der Waals surface area (Å²) < 4.78 is 7.10. The maximum Gasteiger partial charge on any atom is 0.123 e. The van der Waals surface area contributed by atoms with E-state index in [1.807, 2.05) is 6.07 Å². The molecule has 3 nitrogen and oxygen atoms in total. The van der Waals surface area contributed by atoms with Crippen LogP contribution in [0.15, 0.2) is 22.7 Å². The van der Waals surface area contributed by atoms with Crippen molar-refractivity contribution < 1.29 is 4.74 Å². The van der Waals surface area contributed by atoms with Gasteiger partial charge in [-0.15, -0.1) is 0 Å². The number of rotatable bonds is 6. The molecule has 0 spiro atoms. The highest BCUT2D eigenvalue weighted by Gasteiger charge is 2.29. The monoisotopic (exact) mass is 338 g/mol. The number of hydrogen-bond donors (Lipinski definition) is 1. The number of hydrogen-bond acceptors (Lipinski definition) is 3. The van der Waals surface area contributed by atoms with Gasteiger partial charge in [-0.2, -0.15) is 0 Å². The van der Waals surface area contributed by atoms with Crippen LogP contribution in [0.4, 0.5) is 0 Å². The molecule has 1 saturated carbocycles. The summed E-state index contributed by atoms with van der Waals surface area (Å²) in [6.07, 6.45) is 4.03. The van der Waals surface area contributed by atoms with Gasteiger partial charge in [0.25, 0.3) is 0 Å². The first-order valence-corrected chi connectivity index (χ1v) is 8.30. The van der Waals surface area contributed by atoms with E-state index < -0.39 is 0 Å². The predicted octanol–water partition coefficient (Wildman–Crippen LogP) is 2.82. The van der Waals surface area contributed by atoms with E-state index in [0.29, 0.717) is 6.04 Å². The highest BCUT2D eigenvalue weighted by atomic mass is 79.9. The number of likely N-dealkylation sites (N-methyl/N-ethyl adjacent to an activating group) is 1. The van der Waals surface area contributed by atoms with Gasteiger partial charge in [0.15, 0.2) is 0 Å². The molecule has 1 aliphatic heterocycles. The molecule has 0 amide bonds. The van der Waals surface area contributed by atoms with Crippen LogP contribution in [0.2, 0.25) is 0 Å². The molecule has 0 aromatic heterocycles. The first kappa shape index (κ1) is 14.4. The normalized spacial score (nSPS) is 22.7. The molecule has 0 bridgehead atoms. The van der Waals surface area contributed by atoms with Crippen LogP contribution >= 0.6 is 15.9 Å². The molecule has 1 aromatic carbocycles.